The van der Waals surface area contributed by atoms with E-state index in [0.29, 0.717) is 23.2 Å². The number of rotatable bonds is 5. The number of hydrogen-bond acceptors (Lipinski definition) is 5. The smallest absolute Gasteiger partial charge is 0.223 e. The molecule has 138 valence electrons. The van der Waals surface area contributed by atoms with Crippen LogP contribution in [0.2, 0.25) is 0 Å². The molecule has 1 aromatic heterocycles. The van der Waals surface area contributed by atoms with Crippen LogP contribution in [-0.4, -0.2) is 48.5 Å². The van der Waals surface area contributed by atoms with E-state index in [1.54, 1.807) is 11.3 Å². The maximum absolute atomic E-state index is 12.5. The first-order chi connectivity index (χ1) is 12.1. The molecule has 0 bridgehead atoms. The third-order valence-electron chi connectivity index (χ3n) is 6.43. The first kappa shape index (κ1) is 17.4. The molecule has 1 spiro atoms. The normalized spacial score (nSPS) is 26.7. The van der Waals surface area contributed by atoms with Crippen LogP contribution in [0.25, 0.3) is 0 Å². The maximum Gasteiger partial charge on any atom is 0.223 e. The van der Waals surface area contributed by atoms with E-state index < -0.39 is 0 Å². The molecule has 2 saturated heterocycles. The molecule has 2 N–H and O–H groups in total. The number of likely N-dealkylation sites (tertiary alicyclic amines) is 1. The van der Waals surface area contributed by atoms with Gasteiger partial charge in [-0.05, 0) is 76.5 Å². The topological polar surface area (TPSA) is 57.3 Å². The molecular formula is C19H30N4OS. The largest absolute Gasteiger partial charge is 0.356 e. The summed E-state index contributed by atoms with van der Waals surface area (Å²) in [5.74, 6) is 1.25. The van der Waals surface area contributed by atoms with E-state index in [1.165, 1.54) is 31.4 Å². The maximum atomic E-state index is 12.5. The summed E-state index contributed by atoms with van der Waals surface area (Å²) >= 11 is 1.73. The first-order valence-electron chi connectivity index (χ1n) is 9.76. The molecular weight excluding hydrogens is 332 g/mol. The lowest BCUT2D eigenvalue weighted by Gasteiger charge is -2.31. The summed E-state index contributed by atoms with van der Waals surface area (Å²) in [4.78, 5) is 19.5. The third-order valence-corrected chi connectivity index (χ3v) is 7.25. The van der Waals surface area contributed by atoms with Crippen molar-refractivity contribution in [3.63, 3.8) is 0 Å². The number of thiazole rings is 1. The minimum atomic E-state index is 0.294. The van der Waals surface area contributed by atoms with Gasteiger partial charge in [0.2, 0.25) is 5.91 Å². The van der Waals surface area contributed by atoms with Crippen LogP contribution in [0.4, 0.5) is 0 Å². The van der Waals surface area contributed by atoms with Gasteiger partial charge in [-0.25, -0.2) is 4.98 Å². The molecule has 1 atom stereocenters. The van der Waals surface area contributed by atoms with Gasteiger partial charge in [0.25, 0.3) is 0 Å². The second-order valence-electron chi connectivity index (χ2n) is 8.19. The molecule has 6 heteroatoms. The summed E-state index contributed by atoms with van der Waals surface area (Å²) in [6, 6.07) is 0. The van der Waals surface area contributed by atoms with Crippen molar-refractivity contribution < 1.29 is 4.79 Å². The van der Waals surface area contributed by atoms with Gasteiger partial charge in [0, 0.05) is 24.4 Å². The summed E-state index contributed by atoms with van der Waals surface area (Å²) in [5.41, 5.74) is 1.56. The van der Waals surface area contributed by atoms with E-state index in [4.69, 9.17) is 0 Å². The Balaban J connectivity index is 1.16. The lowest BCUT2D eigenvalue weighted by molar-refractivity contribution is -0.123. The number of aryl methyl sites for hydroxylation is 1. The summed E-state index contributed by atoms with van der Waals surface area (Å²) in [6.45, 7) is 8.32. The first-order valence-corrected chi connectivity index (χ1v) is 10.6. The van der Waals surface area contributed by atoms with Gasteiger partial charge in [0.15, 0.2) is 0 Å². The fourth-order valence-electron chi connectivity index (χ4n) is 4.62. The van der Waals surface area contributed by atoms with Crippen LogP contribution in [0.1, 0.15) is 42.8 Å². The predicted octanol–water partition coefficient (Wildman–Crippen LogP) is 2.17. The van der Waals surface area contributed by atoms with Gasteiger partial charge in [0.1, 0.15) is 0 Å². The van der Waals surface area contributed by atoms with Crippen LogP contribution in [0.5, 0.6) is 0 Å². The van der Waals surface area contributed by atoms with E-state index in [2.05, 4.69) is 32.8 Å². The number of aromatic nitrogens is 1. The summed E-state index contributed by atoms with van der Waals surface area (Å²) in [7, 11) is 0. The lowest BCUT2D eigenvalue weighted by Crippen LogP contribution is -2.39. The molecule has 1 saturated carbocycles. The highest BCUT2D eigenvalue weighted by atomic mass is 32.1. The van der Waals surface area contributed by atoms with Crippen LogP contribution < -0.4 is 10.6 Å². The molecule has 3 heterocycles. The van der Waals surface area contributed by atoms with Crippen molar-refractivity contribution in [2.45, 2.75) is 45.6 Å². The number of piperidine rings is 2. The van der Waals surface area contributed by atoms with E-state index in [9.17, 15) is 4.79 Å². The summed E-state index contributed by atoms with van der Waals surface area (Å²) in [5, 5.41) is 10.00. The van der Waals surface area contributed by atoms with Gasteiger partial charge < -0.3 is 10.6 Å². The number of nitrogens with zero attached hydrogens (tertiary/aromatic N) is 2. The second kappa shape index (κ2) is 7.33. The molecule has 0 radical (unpaired) electrons. The fourth-order valence-corrected chi connectivity index (χ4v) is 5.23. The molecule has 3 aliphatic rings. The van der Waals surface area contributed by atoms with Crippen molar-refractivity contribution >= 4 is 17.2 Å². The van der Waals surface area contributed by atoms with Crippen LogP contribution in [0.15, 0.2) is 5.38 Å². The van der Waals surface area contributed by atoms with Crippen molar-refractivity contribution in [1.29, 1.82) is 0 Å². The second-order valence-corrected chi connectivity index (χ2v) is 9.25. The predicted molar refractivity (Wildman–Crippen MR) is 101 cm³/mol. The molecule has 1 amide bonds. The molecule has 0 aromatic carbocycles. The number of nitrogens with one attached hydrogen (secondary N) is 2. The van der Waals surface area contributed by atoms with Gasteiger partial charge in [0.05, 0.1) is 10.7 Å². The molecule has 1 aliphatic carbocycles. The Hall–Kier alpha value is -0.980. The molecule has 25 heavy (non-hydrogen) atoms. The van der Waals surface area contributed by atoms with Gasteiger partial charge >= 0.3 is 0 Å². The van der Waals surface area contributed by atoms with E-state index in [-0.39, 0.29) is 0 Å². The highest BCUT2D eigenvalue weighted by Crippen LogP contribution is 2.58. The molecule has 4 rings (SSSR count). The Morgan fingerprint density at radius 2 is 2.16 bits per heavy atom. The van der Waals surface area contributed by atoms with Crippen molar-refractivity contribution in [3.05, 3.63) is 16.1 Å². The quantitative estimate of drug-likeness (QED) is 0.843. The Bertz CT molecular complexity index is 602. The summed E-state index contributed by atoms with van der Waals surface area (Å²) in [6.07, 6.45) is 5.84. The number of carbonyl (C=O) groups excluding carboxylic acids is 1. The fraction of sp³-hybridized carbons (Fsp3) is 0.789. The lowest BCUT2D eigenvalue weighted by atomic mass is 9.91. The highest BCUT2D eigenvalue weighted by molar-refractivity contribution is 7.09. The van der Waals surface area contributed by atoms with Crippen LogP contribution >= 0.6 is 11.3 Å². The molecule has 1 aromatic rings. The van der Waals surface area contributed by atoms with E-state index >= 15 is 0 Å². The van der Waals surface area contributed by atoms with Crippen molar-refractivity contribution in [2.24, 2.45) is 17.3 Å². The average molecular weight is 363 g/mol. The van der Waals surface area contributed by atoms with Crippen molar-refractivity contribution in [3.8, 4) is 0 Å². The molecule has 5 nitrogen and oxygen atoms in total. The Labute approximate surface area is 154 Å². The Kier molecular flexibility index (Phi) is 5.11. The standard InChI is InChI=1S/C19H30N4OS/c1-14-22-16(13-25-14)12-23-8-2-15(3-9-23)11-21-18(24)17-10-19(17)4-6-20-7-5-19/h13,15,17,20H,2-12H2,1H3,(H,21,24). The Morgan fingerprint density at radius 1 is 1.40 bits per heavy atom. The number of carbonyl (C=O) groups is 1. The SMILES string of the molecule is Cc1nc(CN2CCC(CNC(=O)C3CC34CCNCC4)CC2)cs1. The third kappa shape index (κ3) is 4.07. The molecule has 2 aliphatic heterocycles. The van der Waals surface area contributed by atoms with Gasteiger partial charge in [-0.1, -0.05) is 0 Å². The van der Waals surface area contributed by atoms with Crippen LogP contribution in [0.3, 0.4) is 0 Å². The van der Waals surface area contributed by atoms with Crippen LogP contribution in [0, 0.1) is 24.2 Å². The minimum Gasteiger partial charge on any atom is -0.356 e. The van der Waals surface area contributed by atoms with Gasteiger partial charge in [-0.3, -0.25) is 9.69 Å². The highest BCUT2D eigenvalue weighted by Gasteiger charge is 2.57. The summed E-state index contributed by atoms with van der Waals surface area (Å²) < 4.78 is 0. The Morgan fingerprint density at radius 3 is 2.84 bits per heavy atom. The number of amides is 1. The van der Waals surface area contributed by atoms with Gasteiger partial charge in [-0.15, -0.1) is 11.3 Å². The van der Waals surface area contributed by atoms with E-state index in [1.807, 2.05) is 0 Å². The van der Waals surface area contributed by atoms with Crippen molar-refractivity contribution in [2.75, 3.05) is 32.7 Å². The average Bonchev–Trinajstić information content (AvgIpc) is 3.15. The van der Waals surface area contributed by atoms with Crippen LogP contribution in [-0.2, 0) is 11.3 Å². The number of hydrogen-bond donors (Lipinski definition) is 2. The minimum absolute atomic E-state index is 0.294. The zero-order valence-corrected chi connectivity index (χ0v) is 16.0. The monoisotopic (exact) mass is 362 g/mol. The molecule has 3 fully saturated rings. The zero-order valence-electron chi connectivity index (χ0n) is 15.2. The van der Waals surface area contributed by atoms with E-state index in [0.717, 1.165) is 50.7 Å². The molecule has 1 unspecified atom stereocenters. The van der Waals surface area contributed by atoms with Crippen molar-refractivity contribution in [1.82, 2.24) is 20.5 Å². The zero-order chi connectivity index (χ0) is 17.3. The van der Waals surface area contributed by atoms with Gasteiger partial charge in [-0.2, -0.15) is 0 Å².